The minimum Gasteiger partial charge on any atom is -0.330 e. The molecule has 1 atom stereocenters. The topological polar surface area (TPSA) is 43.8 Å². The third-order valence-corrected chi connectivity index (χ3v) is 4.88. The van der Waals surface area contributed by atoms with Gasteiger partial charge >= 0.3 is 0 Å². The number of nitrogens with zero attached hydrogens (tertiary/aromatic N) is 2. The second-order valence-corrected chi connectivity index (χ2v) is 6.20. The molecule has 0 saturated heterocycles. The largest absolute Gasteiger partial charge is 0.330 e. The number of aromatic nitrogens is 2. The van der Waals surface area contributed by atoms with Crippen LogP contribution in [0.15, 0.2) is 28.7 Å². The molecule has 0 aliphatic carbocycles. The van der Waals surface area contributed by atoms with Crippen LogP contribution in [0.25, 0.3) is 0 Å². The first-order chi connectivity index (χ1) is 9.52. The molecule has 1 unspecified atom stereocenters. The second kappa shape index (κ2) is 6.55. The molecule has 2 N–H and O–H groups in total. The maximum absolute atomic E-state index is 5.98. The molecule has 1 aromatic carbocycles. The number of halogens is 1. The van der Waals surface area contributed by atoms with Crippen molar-refractivity contribution < 1.29 is 0 Å². The number of nitrogens with two attached hydrogens (primary N) is 1. The summed E-state index contributed by atoms with van der Waals surface area (Å²) >= 11 is 3.63. The third-order valence-electron chi connectivity index (χ3n) is 3.85. The van der Waals surface area contributed by atoms with Gasteiger partial charge in [0, 0.05) is 7.05 Å². The van der Waals surface area contributed by atoms with Gasteiger partial charge in [-0.3, -0.25) is 4.68 Å². The second-order valence-electron chi connectivity index (χ2n) is 5.41. The molecule has 2 aromatic rings. The van der Waals surface area contributed by atoms with Crippen LogP contribution in [0.4, 0.5) is 0 Å². The molecule has 2 rings (SSSR count). The Morgan fingerprint density at radius 2 is 1.95 bits per heavy atom. The molecule has 0 bridgehead atoms. The molecule has 0 aliphatic rings. The summed E-state index contributed by atoms with van der Waals surface area (Å²) in [6.45, 7) is 4.87. The van der Waals surface area contributed by atoms with Gasteiger partial charge in [0.2, 0.25) is 0 Å². The van der Waals surface area contributed by atoms with Gasteiger partial charge in [0.25, 0.3) is 0 Å². The molecule has 0 aliphatic heterocycles. The highest BCUT2D eigenvalue weighted by atomic mass is 79.9. The van der Waals surface area contributed by atoms with E-state index in [0.29, 0.717) is 12.5 Å². The van der Waals surface area contributed by atoms with Crippen LogP contribution in [0.3, 0.4) is 0 Å². The van der Waals surface area contributed by atoms with Gasteiger partial charge in [-0.05, 0) is 66.2 Å². The molecule has 1 aromatic heterocycles. The van der Waals surface area contributed by atoms with Crippen molar-refractivity contribution in [2.45, 2.75) is 26.7 Å². The van der Waals surface area contributed by atoms with Gasteiger partial charge in [-0.25, -0.2) is 0 Å². The SMILES string of the molecule is Cc1ccccc1CC(CN)Cc1c(Br)c(C)nn1C. The van der Waals surface area contributed by atoms with Crippen LogP contribution < -0.4 is 5.73 Å². The van der Waals surface area contributed by atoms with Crippen molar-refractivity contribution in [2.75, 3.05) is 6.54 Å². The van der Waals surface area contributed by atoms with Crippen LogP contribution in [0, 0.1) is 19.8 Å². The van der Waals surface area contributed by atoms with E-state index < -0.39 is 0 Å². The van der Waals surface area contributed by atoms with Gasteiger partial charge in [0.05, 0.1) is 15.9 Å². The lowest BCUT2D eigenvalue weighted by molar-refractivity contribution is 0.509. The fourth-order valence-corrected chi connectivity index (χ4v) is 3.06. The molecule has 0 amide bonds. The van der Waals surface area contributed by atoms with Crippen molar-refractivity contribution in [1.82, 2.24) is 9.78 Å². The lowest BCUT2D eigenvalue weighted by atomic mass is 9.92. The summed E-state index contributed by atoms with van der Waals surface area (Å²) < 4.78 is 3.07. The minimum atomic E-state index is 0.433. The summed E-state index contributed by atoms with van der Waals surface area (Å²) in [5, 5.41) is 4.45. The van der Waals surface area contributed by atoms with Crippen molar-refractivity contribution in [3.63, 3.8) is 0 Å². The third kappa shape index (κ3) is 3.30. The van der Waals surface area contributed by atoms with E-state index in [9.17, 15) is 0 Å². The maximum Gasteiger partial charge on any atom is 0.0738 e. The Balaban J connectivity index is 2.15. The van der Waals surface area contributed by atoms with Gasteiger partial charge in [-0.2, -0.15) is 5.10 Å². The standard InChI is InChI=1S/C16H22BrN3/c1-11-6-4-5-7-14(11)8-13(10-18)9-15-16(17)12(2)19-20(15)3/h4-7,13H,8-10,18H2,1-3H3. The predicted molar refractivity (Wildman–Crippen MR) is 86.8 cm³/mol. The van der Waals surface area contributed by atoms with Crippen LogP contribution >= 0.6 is 15.9 Å². The molecular formula is C16H22BrN3. The van der Waals surface area contributed by atoms with Crippen molar-refractivity contribution in [1.29, 1.82) is 0 Å². The maximum atomic E-state index is 5.98. The summed E-state index contributed by atoms with van der Waals surface area (Å²) in [4.78, 5) is 0. The van der Waals surface area contributed by atoms with E-state index in [1.807, 2.05) is 18.7 Å². The van der Waals surface area contributed by atoms with Crippen LogP contribution in [0.1, 0.15) is 22.5 Å². The molecular weight excluding hydrogens is 314 g/mol. The van der Waals surface area contributed by atoms with E-state index in [2.05, 4.69) is 52.2 Å². The summed E-state index contributed by atoms with van der Waals surface area (Å²) in [5.41, 5.74) is 11.0. The quantitative estimate of drug-likeness (QED) is 0.911. The van der Waals surface area contributed by atoms with E-state index in [4.69, 9.17) is 5.73 Å². The smallest absolute Gasteiger partial charge is 0.0738 e. The first-order valence-corrected chi connectivity index (χ1v) is 7.74. The Bertz CT molecular complexity index is 589. The average Bonchev–Trinajstić information content (AvgIpc) is 2.66. The summed E-state index contributed by atoms with van der Waals surface area (Å²) in [5.74, 6) is 0.433. The van der Waals surface area contributed by atoms with E-state index in [1.165, 1.54) is 16.8 Å². The number of aryl methyl sites for hydroxylation is 3. The lowest BCUT2D eigenvalue weighted by Crippen LogP contribution is -2.21. The van der Waals surface area contributed by atoms with Crippen molar-refractivity contribution in [3.05, 3.63) is 51.3 Å². The molecule has 0 fully saturated rings. The first-order valence-electron chi connectivity index (χ1n) is 6.95. The van der Waals surface area contributed by atoms with Crippen LogP contribution in [0.2, 0.25) is 0 Å². The Morgan fingerprint density at radius 1 is 1.25 bits per heavy atom. The van der Waals surface area contributed by atoms with E-state index >= 15 is 0 Å². The van der Waals surface area contributed by atoms with Crippen LogP contribution in [0.5, 0.6) is 0 Å². The van der Waals surface area contributed by atoms with E-state index in [1.54, 1.807) is 0 Å². The average molecular weight is 336 g/mol. The number of hydrogen-bond acceptors (Lipinski definition) is 2. The molecule has 0 saturated carbocycles. The van der Waals surface area contributed by atoms with Gasteiger partial charge in [0.15, 0.2) is 0 Å². The highest BCUT2D eigenvalue weighted by Crippen LogP contribution is 2.24. The normalized spacial score (nSPS) is 12.7. The lowest BCUT2D eigenvalue weighted by Gasteiger charge is -2.16. The minimum absolute atomic E-state index is 0.433. The monoisotopic (exact) mass is 335 g/mol. The van der Waals surface area contributed by atoms with Gasteiger partial charge in [-0.15, -0.1) is 0 Å². The number of rotatable bonds is 5. The Hall–Kier alpha value is -1.13. The highest BCUT2D eigenvalue weighted by molar-refractivity contribution is 9.10. The van der Waals surface area contributed by atoms with Crippen molar-refractivity contribution in [3.8, 4) is 0 Å². The molecule has 108 valence electrons. The van der Waals surface area contributed by atoms with Crippen LogP contribution in [-0.2, 0) is 19.9 Å². The van der Waals surface area contributed by atoms with Crippen molar-refractivity contribution in [2.24, 2.45) is 18.7 Å². The number of benzene rings is 1. The van der Waals surface area contributed by atoms with E-state index in [0.717, 1.165) is 23.0 Å². The Kier molecular flexibility index (Phi) is 5.00. The molecule has 1 heterocycles. The van der Waals surface area contributed by atoms with Gasteiger partial charge < -0.3 is 5.73 Å². The summed E-state index contributed by atoms with van der Waals surface area (Å²) in [6, 6.07) is 8.53. The molecule has 0 radical (unpaired) electrons. The fraction of sp³-hybridized carbons (Fsp3) is 0.438. The van der Waals surface area contributed by atoms with Crippen molar-refractivity contribution >= 4 is 15.9 Å². The van der Waals surface area contributed by atoms with Gasteiger partial charge in [0.1, 0.15) is 0 Å². The number of hydrogen-bond donors (Lipinski definition) is 1. The summed E-state index contributed by atoms with van der Waals surface area (Å²) in [6.07, 6.45) is 1.96. The Labute approximate surface area is 129 Å². The van der Waals surface area contributed by atoms with Crippen LogP contribution in [-0.4, -0.2) is 16.3 Å². The zero-order valence-corrected chi connectivity index (χ0v) is 13.9. The summed E-state index contributed by atoms with van der Waals surface area (Å²) in [7, 11) is 1.99. The molecule has 0 spiro atoms. The molecule has 3 nitrogen and oxygen atoms in total. The zero-order chi connectivity index (χ0) is 14.7. The molecule has 20 heavy (non-hydrogen) atoms. The van der Waals surface area contributed by atoms with Gasteiger partial charge in [-0.1, -0.05) is 24.3 Å². The van der Waals surface area contributed by atoms with E-state index in [-0.39, 0.29) is 0 Å². The highest BCUT2D eigenvalue weighted by Gasteiger charge is 2.17. The molecule has 4 heteroatoms. The predicted octanol–water partition coefficient (Wildman–Crippen LogP) is 3.16. The Morgan fingerprint density at radius 3 is 2.50 bits per heavy atom. The zero-order valence-electron chi connectivity index (χ0n) is 12.4. The fourth-order valence-electron chi connectivity index (χ4n) is 2.56. The first kappa shape index (κ1) is 15.3.